The zero-order valence-electron chi connectivity index (χ0n) is 12.1. The second kappa shape index (κ2) is 5.97. The summed E-state index contributed by atoms with van der Waals surface area (Å²) in [6.45, 7) is 4.29. The highest BCUT2D eigenvalue weighted by molar-refractivity contribution is 5.60. The van der Waals surface area contributed by atoms with E-state index in [2.05, 4.69) is 13.8 Å². The van der Waals surface area contributed by atoms with Crippen LogP contribution in [-0.2, 0) is 0 Å². The predicted molar refractivity (Wildman–Crippen MR) is 82.0 cm³/mol. The molecule has 2 aromatic carbocycles. The van der Waals surface area contributed by atoms with Crippen LogP contribution in [0.2, 0.25) is 0 Å². The Balaban J connectivity index is 2.33. The first-order chi connectivity index (χ1) is 9.54. The Bertz CT molecular complexity index is 576. The third-order valence-corrected chi connectivity index (χ3v) is 3.53. The largest absolute Gasteiger partial charge is 0.495 e. The molecule has 0 spiro atoms. The van der Waals surface area contributed by atoms with Gasteiger partial charge in [-0.15, -0.1) is 0 Å². The zero-order chi connectivity index (χ0) is 14.7. The van der Waals surface area contributed by atoms with Crippen molar-refractivity contribution in [1.82, 2.24) is 0 Å². The molecule has 20 heavy (non-hydrogen) atoms. The van der Waals surface area contributed by atoms with Crippen LogP contribution in [0.5, 0.6) is 5.75 Å². The van der Waals surface area contributed by atoms with Crippen molar-refractivity contribution in [3.05, 3.63) is 59.2 Å². The Labute approximate surface area is 120 Å². The quantitative estimate of drug-likeness (QED) is 0.837. The van der Waals surface area contributed by atoms with Crippen LogP contribution in [0.3, 0.4) is 0 Å². The van der Waals surface area contributed by atoms with E-state index in [0.29, 0.717) is 22.9 Å². The van der Waals surface area contributed by atoms with Crippen molar-refractivity contribution in [3.63, 3.8) is 0 Å². The summed E-state index contributed by atoms with van der Waals surface area (Å²) in [5.74, 6) is 1.06. The van der Waals surface area contributed by atoms with Gasteiger partial charge in [-0.2, -0.15) is 0 Å². The standard InChI is InChI=1S/C17H21NO2/c1-11(2)12-7-9-13(10-8-12)17(19)14-5-4-6-15(20-3)16(14)18/h4-11,17,19H,18H2,1-3H3. The van der Waals surface area contributed by atoms with Crippen molar-refractivity contribution in [2.24, 2.45) is 0 Å². The molecule has 0 radical (unpaired) electrons. The van der Waals surface area contributed by atoms with Gasteiger partial charge in [-0.05, 0) is 23.1 Å². The van der Waals surface area contributed by atoms with E-state index < -0.39 is 6.10 Å². The van der Waals surface area contributed by atoms with Crippen LogP contribution in [0, 0.1) is 0 Å². The maximum absolute atomic E-state index is 10.5. The van der Waals surface area contributed by atoms with Gasteiger partial charge in [0.05, 0.1) is 12.8 Å². The van der Waals surface area contributed by atoms with Gasteiger partial charge in [-0.1, -0.05) is 50.2 Å². The second-order valence-corrected chi connectivity index (χ2v) is 5.19. The molecule has 3 nitrogen and oxygen atoms in total. The van der Waals surface area contributed by atoms with Gasteiger partial charge in [-0.25, -0.2) is 0 Å². The van der Waals surface area contributed by atoms with Gasteiger partial charge < -0.3 is 15.6 Å². The van der Waals surface area contributed by atoms with E-state index in [1.165, 1.54) is 5.56 Å². The number of ether oxygens (including phenoxy) is 1. The first-order valence-corrected chi connectivity index (χ1v) is 6.75. The van der Waals surface area contributed by atoms with Crippen molar-refractivity contribution in [2.75, 3.05) is 12.8 Å². The molecule has 0 aromatic heterocycles. The molecule has 0 saturated carbocycles. The Morgan fingerprint density at radius 3 is 2.15 bits per heavy atom. The molecule has 1 atom stereocenters. The lowest BCUT2D eigenvalue weighted by Crippen LogP contribution is -2.05. The molecule has 2 rings (SSSR count). The number of nitrogen functional groups attached to an aromatic ring is 1. The molecule has 0 saturated heterocycles. The number of hydrogen-bond acceptors (Lipinski definition) is 3. The number of nitrogens with two attached hydrogens (primary N) is 1. The molecule has 3 N–H and O–H groups in total. The molecule has 1 unspecified atom stereocenters. The van der Waals surface area contributed by atoms with Crippen LogP contribution >= 0.6 is 0 Å². The van der Waals surface area contributed by atoms with Crippen molar-refractivity contribution in [1.29, 1.82) is 0 Å². The van der Waals surface area contributed by atoms with Gasteiger partial charge in [0.2, 0.25) is 0 Å². The summed E-state index contributed by atoms with van der Waals surface area (Å²) in [5.41, 5.74) is 9.25. The molecule has 0 heterocycles. The van der Waals surface area contributed by atoms with E-state index in [-0.39, 0.29) is 0 Å². The number of hydrogen-bond donors (Lipinski definition) is 2. The summed E-state index contributed by atoms with van der Waals surface area (Å²) in [6, 6.07) is 13.4. The number of methoxy groups -OCH3 is 1. The maximum Gasteiger partial charge on any atom is 0.142 e. The van der Waals surface area contributed by atoms with E-state index in [4.69, 9.17) is 10.5 Å². The SMILES string of the molecule is COc1cccc(C(O)c2ccc(C(C)C)cc2)c1N. The molecule has 0 aliphatic carbocycles. The minimum Gasteiger partial charge on any atom is -0.495 e. The smallest absolute Gasteiger partial charge is 0.142 e. The second-order valence-electron chi connectivity index (χ2n) is 5.19. The Hall–Kier alpha value is -2.00. The summed E-state index contributed by atoms with van der Waals surface area (Å²) in [6.07, 6.45) is -0.744. The Kier molecular flexibility index (Phi) is 4.30. The van der Waals surface area contributed by atoms with Crippen molar-refractivity contribution in [3.8, 4) is 5.75 Å². The predicted octanol–water partition coefficient (Wildman–Crippen LogP) is 3.48. The fourth-order valence-corrected chi connectivity index (χ4v) is 2.22. The molecule has 106 valence electrons. The summed E-state index contributed by atoms with van der Waals surface area (Å²) in [5, 5.41) is 10.5. The molecule has 0 amide bonds. The summed E-state index contributed by atoms with van der Waals surface area (Å²) >= 11 is 0. The van der Waals surface area contributed by atoms with Crippen LogP contribution in [-0.4, -0.2) is 12.2 Å². The van der Waals surface area contributed by atoms with Gasteiger partial charge in [0.1, 0.15) is 11.9 Å². The summed E-state index contributed by atoms with van der Waals surface area (Å²) < 4.78 is 5.19. The molecule has 3 heteroatoms. The summed E-state index contributed by atoms with van der Waals surface area (Å²) in [7, 11) is 1.57. The zero-order valence-corrected chi connectivity index (χ0v) is 12.1. The maximum atomic E-state index is 10.5. The highest BCUT2D eigenvalue weighted by Gasteiger charge is 2.16. The third kappa shape index (κ3) is 2.78. The minimum atomic E-state index is -0.744. The molecule has 0 fully saturated rings. The molecular weight excluding hydrogens is 250 g/mol. The number of aliphatic hydroxyl groups excluding tert-OH is 1. The van der Waals surface area contributed by atoms with E-state index in [1.807, 2.05) is 36.4 Å². The Morgan fingerprint density at radius 2 is 1.60 bits per heavy atom. The topological polar surface area (TPSA) is 55.5 Å². The molecule has 0 aliphatic rings. The third-order valence-electron chi connectivity index (χ3n) is 3.53. The first kappa shape index (κ1) is 14.4. The van der Waals surface area contributed by atoms with Crippen LogP contribution in [0.15, 0.2) is 42.5 Å². The molecule has 0 aliphatic heterocycles. The van der Waals surface area contributed by atoms with E-state index >= 15 is 0 Å². The van der Waals surface area contributed by atoms with Gasteiger partial charge in [0.25, 0.3) is 0 Å². The van der Waals surface area contributed by atoms with Gasteiger partial charge in [-0.3, -0.25) is 0 Å². The number of para-hydroxylation sites is 1. The van der Waals surface area contributed by atoms with Gasteiger partial charge in [0.15, 0.2) is 0 Å². The number of benzene rings is 2. The summed E-state index contributed by atoms with van der Waals surface area (Å²) in [4.78, 5) is 0. The molecule has 0 bridgehead atoms. The van der Waals surface area contributed by atoms with E-state index in [9.17, 15) is 5.11 Å². The Morgan fingerprint density at radius 1 is 1.00 bits per heavy atom. The van der Waals surface area contributed by atoms with Crippen molar-refractivity contribution < 1.29 is 9.84 Å². The van der Waals surface area contributed by atoms with Crippen LogP contribution in [0.4, 0.5) is 5.69 Å². The average molecular weight is 271 g/mol. The molecule has 2 aromatic rings. The van der Waals surface area contributed by atoms with Crippen LogP contribution in [0.25, 0.3) is 0 Å². The van der Waals surface area contributed by atoms with E-state index in [0.717, 1.165) is 5.56 Å². The normalized spacial score (nSPS) is 12.4. The number of aliphatic hydroxyl groups is 1. The minimum absolute atomic E-state index is 0.475. The van der Waals surface area contributed by atoms with Crippen LogP contribution in [0.1, 0.15) is 42.6 Å². The van der Waals surface area contributed by atoms with Gasteiger partial charge >= 0.3 is 0 Å². The lowest BCUT2D eigenvalue weighted by atomic mass is 9.96. The monoisotopic (exact) mass is 271 g/mol. The molecular formula is C17H21NO2. The van der Waals surface area contributed by atoms with Gasteiger partial charge in [0, 0.05) is 5.56 Å². The van der Waals surface area contributed by atoms with Crippen molar-refractivity contribution >= 4 is 5.69 Å². The first-order valence-electron chi connectivity index (χ1n) is 6.75. The fourth-order valence-electron chi connectivity index (χ4n) is 2.22. The highest BCUT2D eigenvalue weighted by atomic mass is 16.5. The number of anilines is 1. The average Bonchev–Trinajstić information content (AvgIpc) is 2.47. The highest BCUT2D eigenvalue weighted by Crippen LogP contribution is 2.33. The lowest BCUT2D eigenvalue weighted by Gasteiger charge is -2.16. The van der Waals surface area contributed by atoms with Crippen LogP contribution < -0.4 is 10.5 Å². The number of rotatable bonds is 4. The van der Waals surface area contributed by atoms with Crippen molar-refractivity contribution in [2.45, 2.75) is 25.9 Å². The fraction of sp³-hybridized carbons (Fsp3) is 0.294. The van der Waals surface area contributed by atoms with E-state index in [1.54, 1.807) is 13.2 Å². The lowest BCUT2D eigenvalue weighted by molar-refractivity contribution is 0.220.